The van der Waals surface area contributed by atoms with E-state index in [2.05, 4.69) is 4.84 Å². The topological polar surface area (TPSA) is 136 Å². The molecule has 0 radical (unpaired) electrons. The Hall–Kier alpha value is -2.04. The van der Waals surface area contributed by atoms with Crippen molar-refractivity contribution in [2.24, 2.45) is 5.73 Å². The molecule has 0 spiro atoms. The van der Waals surface area contributed by atoms with Gasteiger partial charge in [0.05, 0.1) is 10.5 Å². The van der Waals surface area contributed by atoms with E-state index in [1.165, 1.54) is 0 Å². The number of hydrogen-bond acceptors (Lipinski definition) is 5. The van der Waals surface area contributed by atoms with Crippen molar-refractivity contribution in [3.63, 3.8) is 0 Å². The number of benzene rings is 1. The molecule has 1 aromatic carbocycles. The van der Waals surface area contributed by atoms with Crippen molar-refractivity contribution >= 4 is 21.9 Å². The largest absolute Gasteiger partial charge is 0.478 e. The summed E-state index contributed by atoms with van der Waals surface area (Å²) in [7, 11) is -4.35. The number of nitrogens with one attached hydrogen (secondary N) is 1. The van der Waals surface area contributed by atoms with Crippen LogP contribution in [-0.4, -0.2) is 32.0 Å². The van der Waals surface area contributed by atoms with Gasteiger partial charge in [0.1, 0.15) is 12.4 Å². The molecule has 0 saturated carbocycles. The lowest BCUT2D eigenvalue weighted by Gasteiger charge is -2.10. The normalized spacial score (nSPS) is 11.3. The van der Waals surface area contributed by atoms with Crippen molar-refractivity contribution in [3.8, 4) is 0 Å². The van der Waals surface area contributed by atoms with Crippen molar-refractivity contribution < 1.29 is 32.3 Å². The smallest absolute Gasteiger partial charge is 0.335 e. The Morgan fingerprint density at radius 1 is 1.45 bits per heavy atom. The highest BCUT2D eigenvalue weighted by atomic mass is 32.2. The number of aromatic carboxylic acids is 1. The van der Waals surface area contributed by atoms with Gasteiger partial charge >= 0.3 is 5.97 Å². The van der Waals surface area contributed by atoms with Crippen LogP contribution in [0.1, 0.15) is 15.9 Å². The highest BCUT2D eigenvalue weighted by Gasteiger charge is 2.22. The Balaban J connectivity index is 3.17. The molecule has 0 heterocycles. The molecule has 1 amide bonds. The van der Waals surface area contributed by atoms with Crippen LogP contribution < -0.4 is 10.6 Å². The summed E-state index contributed by atoms with van der Waals surface area (Å²) in [5.74, 6) is -3.41. The van der Waals surface area contributed by atoms with Gasteiger partial charge in [0.15, 0.2) is 0 Å². The molecule has 1 aromatic rings. The molecule has 1 rings (SSSR count). The maximum absolute atomic E-state index is 13.5. The molecule has 0 saturated heterocycles. The number of carbonyl (C=O) groups is 2. The number of carboxylic acid groups (broad SMARTS) is 1. The lowest BCUT2D eigenvalue weighted by atomic mass is 10.1. The Labute approximate surface area is 113 Å². The molecule has 4 N–H and O–H groups in total. The van der Waals surface area contributed by atoms with Gasteiger partial charge in [-0.3, -0.25) is 9.63 Å². The number of carbonyl (C=O) groups excluding carboxylic acids is 1. The number of hydrogen-bond donors (Lipinski definition) is 3. The second-order valence-corrected chi connectivity index (χ2v) is 5.34. The fourth-order valence-corrected chi connectivity index (χ4v) is 2.37. The van der Waals surface area contributed by atoms with Gasteiger partial charge in [-0.05, 0) is 19.1 Å². The van der Waals surface area contributed by atoms with Crippen molar-refractivity contribution in [1.29, 1.82) is 0 Å². The van der Waals surface area contributed by atoms with Crippen molar-refractivity contribution in [1.82, 2.24) is 4.89 Å². The minimum absolute atomic E-state index is 0.287. The van der Waals surface area contributed by atoms with E-state index in [-0.39, 0.29) is 5.56 Å². The summed E-state index contributed by atoms with van der Waals surface area (Å²) in [4.78, 5) is 26.5. The van der Waals surface area contributed by atoms with Gasteiger partial charge in [0.2, 0.25) is 5.91 Å². The third-order valence-electron chi connectivity index (χ3n) is 2.22. The molecule has 0 fully saturated rings. The third kappa shape index (κ3) is 3.73. The van der Waals surface area contributed by atoms with E-state index in [9.17, 15) is 22.4 Å². The van der Waals surface area contributed by atoms with E-state index in [0.717, 1.165) is 13.0 Å². The van der Waals surface area contributed by atoms with Crippen molar-refractivity contribution in [3.05, 3.63) is 29.1 Å². The van der Waals surface area contributed by atoms with E-state index in [4.69, 9.17) is 10.8 Å². The van der Waals surface area contributed by atoms with Gasteiger partial charge in [-0.25, -0.2) is 17.6 Å². The van der Waals surface area contributed by atoms with Crippen LogP contribution in [-0.2, 0) is 19.7 Å². The highest BCUT2D eigenvalue weighted by Crippen LogP contribution is 2.20. The fraction of sp³-hybridized carbons (Fsp3) is 0.200. The van der Waals surface area contributed by atoms with E-state index in [1.807, 2.05) is 0 Å². The van der Waals surface area contributed by atoms with Gasteiger partial charge < -0.3 is 10.8 Å². The molecule has 0 unspecified atom stereocenters. The molecule has 8 nitrogen and oxygen atoms in total. The molecule has 110 valence electrons. The zero-order valence-electron chi connectivity index (χ0n) is 10.2. The zero-order valence-corrected chi connectivity index (χ0v) is 11.0. The molecule has 10 heteroatoms. The summed E-state index contributed by atoms with van der Waals surface area (Å²) in [6.45, 7) is 0.434. The number of rotatable bonds is 6. The minimum atomic E-state index is -4.35. The van der Waals surface area contributed by atoms with Crippen LogP contribution in [0.15, 0.2) is 17.0 Å². The van der Waals surface area contributed by atoms with Gasteiger partial charge in [0.25, 0.3) is 10.0 Å². The van der Waals surface area contributed by atoms with Crippen molar-refractivity contribution in [2.45, 2.75) is 11.8 Å². The molecule has 0 aliphatic rings. The summed E-state index contributed by atoms with van der Waals surface area (Å²) in [5.41, 5.74) is 3.92. The van der Waals surface area contributed by atoms with E-state index >= 15 is 0 Å². The monoisotopic (exact) mass is 306 g/mol. The minimum Gasteiger partial charge on any atom is -0.478 e. The van der Waals surface area contributed by atoms with Gasteiger partial charge in [-0.2, -0.15) is 0 Å². The van der Waals surface area contributed by atoms with Crippen LogP contribution in [0.2, 0.25) is 0 Å². The number of sulfonamides is 1. The van der Waals surface area contributed by atoms with Gasteiger partial charge in [-0.1, -0.05) is 4.89 Å². The van der Waals surface area contributed by atoms with Crippen LogP contribution in [0.4, 0.5) is 4.39 Å². The second-order valence-electron chi connectivity index (χ2n) is 3.73. The SMILES string of the molecule is Cc1c(F)cc(C(=O)O)cc1S(=O)(=O)NOCC(N)=O. The van der Waals surface area contributed by atoms with Crippen LogP contribution in [0.5, 0.6) is 0 Å². The lowest BCUT2D eigenvalue weighted by molar-refractivity contribution is -0.123. The Morgan fingerprint density at radius 2 is 2.05 bits per heavy atom. The quantitative estimate of drug-likeness (QED) is 0.608. The summed E-state index contributed by atoms with van der Waals surface area (Å²) < 4.78 is 37.1. The number of primary amides is 1. The van der Waals surface area contributed by atoms with Crippen LogP contribution >= 0.6 is 0 Å². The Kier molecular flexibility index (Phi) is 4.76. The second kappa shape index (κ2) is 5.94. The fourth-order valence-electron chi connectivity index (χ4n) is 1.28. The van der Waals surface area contributed by atoms with Crippen LogP contribution in [0, 0.1) is 12.7 Å². The number of amides is 1. The standard InChI is InChI=1S/C10H11FN2O6S/c1-5-7(11)2-6(10(15)16)3-8(5)20(17,18)13-19-4-9(12)14/h2-3,13H,4H2,1H3,(H2,12,14)(H,15,16). The summed E-state index contributed by atoms with van der Waals surface area (Å²) >= 11 is 0. The van der Waals surface area contributed by atoms with Crippen LogP contribution in [0.25, 0.3) is 0 Å². The Bertz CT molecular complexity index is 658. The number of carboxylic acids is 1. The number of halogens is 1. The molecule has 20 heavy (non-hydrogen) atoms. The number of nitrogens with two attached hydrogens (primary N) is 1. The summed E-state index contributed by atoms with van der Waals surface area (Å²) in [6.07, 6.45) is 0. The summed E-state index contributed by atoms with van der Waals surface area (Å²) in [5, 5.41) is 8.76. The predicted molar refractivity (Wildman–Crippen MR) is 63.6 cm³/mol. The maximum atomic E-state index is 13.5. The molecule has 0 aliphatic carbocycles. The maximum Gasteiger partial charge on any atom is 0.335 e. The van der Waals surface area contributed by atoms with Gasteiger partial charge in [-0.15, -0.1) is 0 Å². The van der Waals surface area contributed by atoms with Crippen molar-refractivity contribution in [2.75, 3.05) is 6.61 Å². The molecular weight excluding hydrogens is 295 g/mol. The highest BCUT2D eigenvalue weighted by molar-refractivity contribution is 7.89. The molecule has 0 aromatic heterocycles. The first-order valence-corrected chi connectivity index (χ1v) is 6.59. The summed E-state index contributed by atoms with van der Waals surface area (Å²) in [6, 6.07) is 1.47. The van der Waals surface area contributed by atoms with Gasteiger partial charge in [0, 0.05) is 5.56 Å². The molecule has 0 aliphatic heterocycles. The first-order chi connectivity index (χ1) is 9.15. The zero-order chi connectivity index (χ0) is 15.5. The van der Waals surface area contributed by atoms with E-state index in [0.29, 0.717) is 6.07 Å². The van der Waals surface area contributed by atoms with E-state index in [1.54, 1.807) is 4.89 Å². The Morgan fingerprint density at radius 3 is 2.55 bits per heavy atom. The first kappa shape index (κ1) is 16.0. The van der Waals surface area contributed by atoms with E-state index < -0.39 is 44.8 Å². The average Bonchev–Trinajstić information content (AvgIpc) is 2.31. The average molecular weight is 306 g/mol. The van der Waals surface area contributed by atoms with Crippen LogP contribution in [0.3, 0.4) is 0 Å². The molecule has 0 atom stereocenters. The first-order valence-electron chi connectivity index (χ1n) is 5.10. The predicted octanol–water partition coefficient (Wildman–Crippen LogP) is -0.472. The molecule has 0 bridgehead atoms. The molecular formula is C10H11FN2O6S. The third-order valence-corrected chi connectivity index (χ3v) is 3.56. The lowest BCUT2D eigenvalue weighted by Crippen LogP contribution is -2.30.